The summed E-state index contributed by atoms with van der Waals surface area (Å²) in [6, 6.07) is 5.34. The molecular formula is C15H16ClN3O3. The monoisotopic (exact) mass is 321 g/mol. The second-order valence-electron chi connectivity index (χ2n) is 4.99. The Bertz CT molecular complexity index is 623. The zero-order valence-corrected chi connectivity index (χ0v) is 12.7. The predicted molar refractivity (Wildman–Crippen MR) is 85.0 cm³/mol. The standard InChI is InChI=1S/C15H16ClN3O3/c16-14-5-3-1-2-4-12(14)10-17-18-15(20)11-6-8-13(9-7-11)19(21)22/h6-10H,1-5H2,(H,18,20). The third kappa shape index (κ3) is 4.39. The highest BCUT2D eigenvalue weighted by atomic mass is 35.5. The summed E-state index contributed by atoms with van der Waals surface area (Å²) < 4.78 is 0. The van der Waals surface area contributed by atoms with Gasteiger partial charge in [-0.1, -0.05) is 18.0 Å². The SMILES string of the molecule is O=C(NN=CC1=C(Cl)CCCCC1)c1ccc([N+](=O)[O-])cc1. The van der Waals surface area contributed by atoms with Gasteiger partial charge >= 0.3 is 0 Å². The smallest absolute Gasteiger partial charge is 0.267 e. The molecule has 1 aromatic carbocycles. The lowest BCUT2D eigenvalue weighted by Crippen LogP contribution is -2.17. The Kier molecular flexibility index (Phi) is 5.66. The van der Waals surface area contributed by atoms with Gasteiger partial charge in [-0.25, -0.2) is 5.43 Å². The molecule has 7 heteroatoms. The fraction of sp³-hybridized carbons (Fsp3) is 0.333. The van der Waals surface area contributed by atoms with E-state index in [1.807, 2.05) is 0 Å². The molecule has 1 aliphatic rings. The van der Waals surface area contributed by atoms with Crippen molar-refractivity contribution in [1.82, 2.24) is 5.43 Å². The molecule has 1 N–H and O–H groups in total. The van der Waals surface area contributed by atoms with Crippen LogP contribution in [0.25, 0.3) is 0 Å². The maximum Gasteiger partial charge on any atom is 0.271 e. The molecule has 0 saturated carbocycles. The molecule has 1 aromatic rings. The van der Waals surface area contributed by atoms with Gasteiger partial charge in [0, 0.05) is 22.7 Å². The Morgan fingerprint density at radius 1 is 1.23 bits per heavy atom. The van der Waals surface area contributed by atoms with Crippen LogP contribution in [0.1, 0.15) is 42.5 Å². The molecule has 0 radical (unpaired) electrons. The Hall–Kier alpha value is -2.21. The van der Waals surface area contributed by atoms with Gasteiger partial charge in [0.2, 0.25) is 0 Å². The molecule has 0 fully saturated rings. The number of nitrogens with one attached hydrogen (secondary N) is 1. The van der Waals surface area contributed by atoms with Crippen LogP contribution in [-0.4, -0.2) is 17.0 Å². The first kappa shape index (κ1) is 16.2. The molecular weight excluding hydrogens is 306 g/mol. The summed E-state index contributed by atoms with van der Waals surface area (Å²) in [5.41, 5.74) is 3.60. The highest BCUT2D eigenvalue weighted by Gasteiger charge is 2.10. The maximum atomic E-state index is 11.9. The first-order chi connectivity index (χ1) is 10.6. The van der Waals surface area contributed by atoms with Gasteiger partial charge in [0.1, 0.15) is 0 Å². The van der Waals surface area contributed by atoms with E-state index in [1.54, 1.807) is 6.21 Å². The molecule has 2 rings (SSSR count). The summed E-state index contributed by atoms with van der Waals surface area (Å²) >= 11 is 6.18. The number of carbonyl (C=O) groups excluding carboxylic acids is 1. The number of non-ortho nitro benzene ring substituents is 1. The van der Waals surface area contributed by atoms with Gasteiger partial charge in [0.15, 0.2) is 0 Å². The van der Waals surface area contributed by atoms with Gasteiger partial charge in [-0.2, -0.15) is 5.10 Å². The van der Waals surface area contributed by atoms with Crippen LogP contribution < -0.4 is 5.43 Å². The number of carbonyl (C=O) groups is 1. The largest absolute Gasteiger partial charge is 0.271 e. The van der Waals surface area contributed by atoms with Gasteiger partial charge in [-0.15, -0.1) is 0 Å². The number of benzene rings is 1. The normalized spacial score (nSPS) is 15.7. The van der Waals surface area contributed by atoms with E-state index in [0.29, 0.717) is 5.56 Å². The summed E-state index contributed by atoms with van der Waals surface area (Å²) in [4.78, 5) is 21.9. The van der Waals surface area contributed by atoms with Crippen LogP contribution in [0.4, 0.5) is 5.69 Å². The van der Waals surface area contributed by atoms with E-state index in [0.717, 1.165) is 42.7 Å². The Morgan fingerprint density at radius 2 is 1.91 bits per heavy atom. The number of allylic oxidation sites excluding steroid dienone is 2. The number of halogens is 1. The van der Waals surface area contributed by atoms with Crippen molar-refractivity contribution in [3.63, 3.8) is 0 Å². The van der Waals surface area contributed by atoms with Crippen molar-refractivity contribution in [2.45, 2.75) is 32.1 Å². The van der Waals surface area contributed by atoms with Crippen LogP contribution in [-0.2, 0) is 0 Å². The zero-order chi connectivity index (χ0) is 15.9. The molecule has 0 unspecified atom stereocenters. The predicted octanol–water partition coefficient (Wildman–Crippen LogP) is 3.77. The molecule has 6 nitrogen and oxygen atoms in total. The van der Waals surface area contributed by atoms with Crippen LogP contribution in [0.5, 0.6) is 0 Å². The van der Waals surface area contributed by atoms with E-state index in [-0.39, 0.29) is 5.69 Å². The first-order valence-electron chi connectivity index (χ1n) is 7.03. The average Bonchev–Trinajstić information content (AvgIpc) is 2.72. The third-order valence-corrected chi connectivity index (χ3v) is 3.85. The van der Waals surface area contributed by atoms with E-state index >= 15 is 0 Å². The molecule has 0 bridgehead atoms. The minimum Gasteiger partial charge on any atom is -0.267 e. The van der Waals surface area contributed by atoms with Gasteiger partial charge in [-0.05, 0) is 43.4 Å². The Balaban J connectivity index is 1.97. The van der Waals surface area contributed by atoms with Gasteiger partial charge in [0.25, 0.3) is 11.6 Å². The highest BCUT2D eigenvalue weighted by molar-refractivity contribution is 6.31. The average molecular weight is 322 g/mol. The molecule has 0 saturated heterocycles. The van der Waals surface area contributed by atoms with E-state index < -0.39 is 10.8 Å². The third-order valence-electron chi connectivity index (χ3n) is 3.42. The molecule has 1 amide bonds. The van der Waals surface area contributed by atoms with Crippen molar-refractivity contribution < 1.29 is 9.72 Å². The Labute approximate surface area is 133 Å². The second-order valence-corrected chi connectivity index (χ2v) is 5.45. The summed E-state index contributed by atoms with van der Waals surface area (Å²) in [5, 5.41) is 15.3. The number of nitro groups is 1. The number of hydrogen-bond donors (Lipinski definition) is 1. The fourth-order valence-corrected chi connectivity index (χ4v) is 2.45. The van der Waals surface area contributed by atoms with Crippen LogP contribution >= 0.6 is 11.6 Å². The maximum absolute atomic E-state index is 11.9. The Morgan fingerprint density at radius 3 is 2.59 bits per heavy atom. The van der Waals surface area contributed by atoms with Crippen molar-refractivity contribution in [3.8, 4) is 0 Å². The molecule has 0 aliphatic heterocycles. The van der Waals surface area contributed by atoms with Crippen molar-refractivity contribution in [3.05, 3.63) is 50.5 Å². The van der Waals surface area contributed by atoms with E-state index in [9.17, 15) is 14.9 Å². The van der Waals surface area contributed by atoms with Crippen LogP contribution in [0.3, 0.4) is 0 Å². The summed E-state index contributed by atoms with van der Waals surface area (Å²) in [5.74, 6) is -0.420. The van der Waals surface area contributed by atoms with E-state index in [4.69, 9.17) is 11.6 Å². The number of nitrogens with zero attached hydrogens (tertiary/aromatic N) is 2. The topological polar surface area (TPSA) is 84.6 Å². The quantitative estimate of drug-likeness (QED) is 0.520. The molecule has 116 valence electrons. The van der Waals surface area contributed by atoms with E-state index in [2.05, 4.69) is 10.5 Å². The molecule has 0 atom stereocenters. The number of rotatable bonds is 4. The highest BCUT2D eigenvalue weighted by Crippen LogP contribution is 2.25. The molecule has 0 aromatic heterocycles. The number of hydrazone groups is 1. The zero-order valence-electron chi connectivity index (χ0n) is 11.9. The summed E-state index contributed by atoms with van der Waals surface area (Å²) in [7, 11) is 0. The first-order valence-corrected chi connectivity index (χ1v) is 7.41. The van der Waals surface area contributed by atoms with Crippen LogP contribution in [0.2, 0.25) is 0 Å². The summed E-state index contributed by atoms with van der Waals surface area (Å²) in [6.07, 6.45) is 6.56. The van der Waals surface area contributed by atoms with Crippen molar-refractivity contribution in [2.75, 3.05) is 0 Å². The lowest BCUT2D eigenvalue weighted by Gasteiger charge is -2.02. The van der Waals surface area contributed by atoms with Crippen LogP contribution in [0, 0.1) is 10.1 Å². The van der Waals surface area contributed by atoms with E-state index in [1.165, 1.54) is 24.3 Å². The molecule has 1 aliphatic carbocycles. The molecule has 0 spiro atoms. The van der Waals surface area contributed by atoms with Gasteiger partial charge in [-0.3, -0.25) is 14.9 Å². The lowest BCUT2D eigenvalue weighted by molar-refractivity contribution is -0.384. The molecule has 22 heavy (non-hydrogen) atoms. The van der Waals surface area contributed by atoms with Crippen molar-refractivity contribution in [1.29, 1.82) is 0 Å². The van der Waals surface area contributed by atoms with Crippen molar-refractivity contribution >= 4 is 29.4 Å². The van der Waals surface area contributed by atoms with Gasteiger partial charge in [0.05, 0.1) is 11.1 Å². The van der Waals surface area contributed by atoms with Crippen molar-refractivity contribution in [2.24, 2.45) is 5.10 Å². The number of hydrogen-bond acceptors (Lipinski definition) is 4. The molecule has 0 heterocycles. The fourth-order valence-electron chi connectivity index (χ4n) is 2.17. The lowest BCUT2D eigenvalue weighted by atomic mass is 10.1. The summed E-state index contributed by atoms with van der Waals surface area (Å²) in [6.45, 7) is 0. The minimum atomic E-state index is -0.514. The van der Waals surface area contributed by atoms with Crippen LogP contribution in [0.15, 0.2) is 40.0 Å². The van der Waals surface area contributed by atoms with Gasteiger partial charge < -0.3 is 0 Å². The number of amides is 1. The number of nitro benzene ring substituents is 1. The minimum absolute atomic E-state index is 0.0598. The second kappa shape index (κ2) is 7.70.